The summed E-state index contributed by atoms with van der Waals surface area (Å²) in [5.41, 5.74) is 0.998. The molecule has 0 aliphatic carbocycles. The minimum Gasteiger partial charge on any atom is -0.505 e. The Balaban J connectivity index is 1.97. The van der Waals surface area contributed by atoms with Crippen molar-refractivity contribution < 1.29 is 9.90 Å². The Labute approximate surface area is 139 Å². The van der Waals surface area contributed by atoms with E-state index in [-0.39, 0.29) is 11.3 Å². The fourth-order valence-electron chi connectivity index (χ4n) is 2.09. The number of rotatable bonds is 2. The van der Waals surface area contributed by atoms with Crippen LogP contribution in [0.3, 0.4) is 0 Å². The Hall–Kier alpha value is -2.11. The van der Waals surface area contributed by atoms with Gasteiger partial charge in [0, 0.05) is 16.1 Å². The van der Waals surface area contributed by atoms with Gasteiger partial charge < -0.3 is 10.4 Å². The van der Waals surface area contributed by atoms with Crippen molar-refractivity contribution in [1.82, 2.24) is 4.98 Å². The van der Waals surface area contributed by atoms with Crippen LogP contribution in [0.2, 0.25) is 5.02 Å². The summed E-state index contributed by atoms with van der Waals surface area (Å²) in [7, 11) is 0. The molecule has 110 valence electrons. The Bertz CT molecular complexity index is 883. The molecule has 0 saturated heterocycles. The van der Waals surface area contributed by atoms with Gasteiger partial charge in [0.15, 0.2) is 5.75 Å². The zero-order valence-electron chi connectivity index (χ0n) is 11.2. The van der Waals surface area contributed by atoms with E-state index < -0.39 is 5.91 Å². The maximum absolute atomic E-state index is 12.3. The molecule has 0 saturated carbocycles. The third-order valence-electron chi connectivity index (χ3n) is 3.17. The smallest absolute Gasteiger partial charge is 0.259 e. The second-order valence-corrected chi connectivity index (χ2v) is 5.94. The van der Waals surface area contributed by atoms with E-state index in [2.05, 4.69) is 26.2 Å². The summed E-state index contributed by atoms with van der Waals surface area (Å²) in [5.74, 6) is -0.599. The number of benzene rings is 2. The number of nitrogens with zero attached hydrogens (tertiary/aromatic N) is 1. The van der Waals surface area contributed by atoms with Crippen molar-refractivity contribution in [2.45, 2.75) is 0 Å². The molecule has 0 radical (unpaired) electrons. The number of halogens is 2. The van der Waals surface area contributed by atoms with Gasteiger partial charge in [-0.25, -0.2) is 0 Å². The number of amides is 1. The molecule has 22 heavy (non-hydrogen) atoms. The van der Waals surface area contributed by atoms with Crippen molar-refractivity contribution >= 4 is 50.0 Å². The van der Waals surface area contributed by atoms with Crippen LogP contribution in [0.4, 0.5) is 5.69 Å². The highest BCUT2D eigenvalue weighted by molar-refractivity contribution is 9.10. The van der Waals surface area contributed by atoms with Crippen LogP contribution in [0.15, 0.2) is 53.1 Å². The van der Waals surface area contributed by atoms with Gasteiger partial charge in [-0.05, 0) is 30.3 Å². The summed E-state index contributed by atoms with van der Waals surface area (Å²) in [6.45, 7) is 0. The van der Waals surface area contributed by atoms with Crippen LogP contribution in [0.5, 0.6) is 5.75 Å². The van der Waals surface area contributed by atoms with Crippen LogP contribution in [0.25, 0.3) is 10.9 Å². The normalized spacial score (nSPS) is 10.6. The van der Waals surface area contributed by atoms with Crippen molar-refractivity contribution in [2.24, 2.45) is 0 Å². The van der Waals surface area contributed by atoms with Gasteiger partial charge in [0.25, 0.3) is 5.91 Å². The van der Waals surface area contributed by atoms with E-state index in [1.54, 1.807) is 42.6 Å². The Morgan fingerprint density at radius 2 is 2.05 bits per heavy atom. The first-order valence-electron chi connectivity index (χ1n) is 6.39. The molecule has 2 N–H and O–H groups in total. The van der Waals surface area contributed by atoms with E-state index in [4.69, 9.17) is 11.6 Å². The SMILES string of the molecule is O=C(Nc1ccc(Br)cc1Cl)c1ccc2cccnc2c1O. The van der Waals surface area contributed by atoms with Gasteiger partial charge in [0.1, 0.15) is 5.52 Å². The molecule has 0 spiro atoms. The lowest BCUT2D eigenvalue weighted by atomic mass is 10.1. The van der Waals surface area contributed by atoms with Crippen molar-refractivity contribution in [3.63, 3.8) is 0 Å². The average Bonchev–Trinajstić information content (AvgIpc) is 2.50. The van der Waals surface area contributed by atoms with Crippen LogP contribution in [0.1, 0.15) is 10.4 Å². The average molecular weight is 378 g/mol. The Kier molecular flexibility index (Phi) is 4.00. The van der Waals surface area contributed by atoms with Crippen molar-refractivity contribution in [3.05, 3.63) is 63.7 Å². The van der Waals surface area contributed by atoms with E-state index >= 15 is 0 Å². The summed E-state index contributed by atoms with van der Waals surface area (Å²) in [5, 5.41) is 14.1. The first-order chi connectivity index (χ1) is 10.6. The highest BCUT2D eigenvalue weighted by atomic mass is 79.9. The van der Waals surface area contributed by atoms with Crippen LogP contribution < -0.4 is 5.32 Å². The number of hydrogen-bond donors (Lipinski definition) is 2. The van der Waals surface area contributed by atoms with Crippen LogP contribution in [-0.2, 0) is 0 Å². The lowest BCUT2D eigenvalue weighted by molar-refractivity contribution is 0.102. The summed E-state index contributed by atoms with van der Waals surface area (Å²) in [6, 6.07) is 12.0. The third kappa shape index (κ3) is 2.77. The molecular weight excluding hydrogens is 368 g/mol. The minimum atomic E-state index is -0.450. The fraction of sp³-hybridized carbons (Fsp3) is 0. The molecule has 2 aromatic carbocycles. The number of phenolic OH excluding ortho intramolecular Hbond substituents is 1. The predicted octanol–water partition coefficient (Wildman–Crippen LogP) is 4.61. The largest absolute Gasteiger partial charge is 0.505 e. The summed E-state index contributed by atoms with van der Waals surface area (Å²) < 4.78 is 0.813. The molecule has 1 amide bonds. The van der Waals surface area contributed by atoms with E-state index in [1.807, 2.05) is 6.07 Å². The zero-order valence-corrected chi connectivity index (χ0v) is 13.5. The molecule has 1 aromatic heterocycles. The maximum Gasteiger partial charge on any atom is 0.259 e. The predicted molar refractivity (Wildman–Crippen MR) is 90.5 cm³/mol. The van der Waals surface area contributed by atoms with E-state index in [9.17, 15) is 9.90 Å². The number of carbonyl (C=O) groups excluding carboxylic acids is 1. The van der Waals surface area contributed by atoms with Gasteiger partial charge in [-0.1, -0.05) is 39.7 Å². The van der Waals surface area contributed by atoms with Crippen molar-refractivity contribution in [1.29, 1.82) is 0 Å². The molecule has 4 nitrogen and oxygen atoms in total. The number of hydrogen-bond acceptors (Lipinski definition) is 3. The number of pyridine rings is 1. The number of nitrogens with one attached hydrogen (secondary N) is 1. The number of anilines is 1. The molecule has 3 aromatic rings. The molecule has 0 fully saturated rings. The zero-order chi connectivity index (χ0) is 15.7. The van der Waals surface area contributed by atoms with Crippen LogP contribution >= 0.6 is 27.5 Å². The molecule has 1 heterocycles. The highest BCUT2D eigenvalue weighted by Crippen LogP contribution is 2.29. The summed E-state index contributed by atoms with van der Waals surface area (Å²) >= 11 is 9.38. The second-order valence-electron chi connectivity index (χ2n) is 4.62. The standard InChI is InChI=1S/C16H10BrClN2O2/c17-10-4-6-13(12(18)8-10)20-16(22)11-5-3-9-2-1-7-19-14(9)15(11)21/h1-8,21H,(H,20,22). The van der Waals surface area contributed by atoms with E-state index in [0.29, 0.717) is 16.2 Å². The first kappa shape index (κ1) is 14.8. The monoisotopic (exact) mass is 376 g/mol. The molecule has 0 atom stereocenters. The lowest BCUT2D eigenvalue weighted by Gasteiger charge is -2.10. The molecule has 0 unspecified atom stereocenters. The van der Waals surface area contributed by atoms with Crippen LogP contribution in [-0.4, -0.2) is 16.0 Å². The van der Waals surface area contributed by atoms with E-state index in [0.717, 1.165) is 9.86 Å². The molecule has 6 heteroatoms. The highest BCUT2D eigenvalue weighted by Gasteiger charge is 2.15. The van der Waals surface area contributed by atoms with Gasteiger partial charge >= 0.3 is 0 Å². The quantitative estimate of drug-likeness (QED) is 0.685. The van der Waals surface area contributed by atoms with Crippen LogP contribution in [0, 0.1) is 0 Å². The maximum atomic E-state index is 12.3. The molecule has 0 bridgehead atoms. The van der Waals surface area contributed by atoms with E-state index in [1.165, 1.54) is 0 Å². The van der Waals surface area contributed by atoms with Crippen molar-refractivity contribution in [3.8, 4) is 5.75 Å². The van der Waals surface area contributed by atoms with Gasteiger partial charge in [-0.3, -0.25) is 9.78 Å². The van der Waals surface area contributed by atoms with Gasteiger partial charge in [0.2, 0.25) is 0 Å². The summed E-state index contributed by atoms with van der Waals surface area (Å²) in [4.78, 5) is 16.4. The lowest BCUT2D eigenvalue weighted by Crippen LogP contribution is -2.12. The first-order valence-corrected chi connectivity index (χ1v) is 7.56. The molecule has 0 aliphatic heterocycles. The Morgan fingerprint density at radius 3 is 2.82 bits per heavy atom. The Morgan fingerprint density at radius 1 is 1.23 bits per heavy atom. The summed E-state index contributed by atoms with van der Waals surface area (Å²) in [6.07, 6.45) is 1.56. The van der Waals surface area contributed by atoms with Gasteiger partial charge in [-0.15, -0.1) is 0 Å². The molecule has 0 aliphatic rings. The third-order valence-corrected chi connectivity index (χ3v) is 3.98. The van der Waals surface area contributed by atoms with Gasteiger partial charge in [0.05, 0.1) is 16.3 Å². The number of fused-ring (bicyclic) bond motifs is 1. The number of aromatic nitrogens is 1. The molecule has 3 rings (SSSR count). The second kappa shape index (κ2) is 5.94. The minimum absolute atomic E-state index is 0.144. The number of phenols is 1. The molecular formula is C16H10BrClN2O2. The topological polar surface area (TPSA) is 62.2 Å². The number of carbonyl (C=O) groups is 1. The van der Waals surface area contributed by atoms with Gasteiger partial charge in [-0.2, -0.15) is 0 Å². The fourth-order valence-corrected chi connectivity index (χ4v) is 2.81. The van der Waals surface area contributed by atoms with Crippen molar-refractivity contribution in [2.75, 3.05) is 5.32 Å². The number of aromatic hydroxyl groups is 1.